The summed E-state index contributed by atoms with van der Waals surface area (Å²) < 4.78 is 2.04. The van der Waals surface area contributed by atoms with Crippen molar-refractivity contribution in [1.29, 1.82) is 0 Å². The quantitative estimate of drug-likeness (QED) is 0.529. The highest BCUT2D eigenvalue weighted by Crippen LogP contribution is 2.20. The number of nitrogens with zero attached hydrogens (tertiary/aromatic N) is 2. The number of para-hydroxylation sites is 1. The van der Waals surface area contributed by atoms with E-state index in [1.807, 2.05) is 29.1 Å². The van der Waals surface area contributed by atoms with Gasteiger partial charge >= 0.3 is 0 Å². The van der Waals surface area contributed by atoms with Crippen LogP contribution in [0, 0.1) is 13.8 Å². The molecule has 0 unspecified atom stereocenters. The number of amides is 1. The maximum atomic E-state index is 11.3. The van der Waals surface area contributed by atoms with Gasteiger partial charge in [-0.25, -0.2) is 5.06 Å². The molecule has 1 N–H and O–H groups in total. The van der Waals surface area contributed by atoms with Gasteiger partial charge < -0.3 is 4.57 Å². The molecule has 4 nitrogen and oxygen atoms in total. The van der Waals surface area contributed by atoms with Crippen molar-refractivity contribution in [1.82, 2.24) is 9.63 Å². The van der Waals surface area contributed by atoms with Gasteiger partial charge in [0.2, 0.25) is 0 Å². The topological polar surface area (TPSA) is 45.5 Å². The smallest absolute Gasteiger partial charge is 0.269 e. The lowest BCUT2D eigenvalue weighted by atomic mass is 10.1. The van der Waals surface area contributed by atoms with Gasteiger partial charge in [-0.05, 0) is 42.7 Å². The van der Waals surface area contributed by atoms with E-state index in [2.05, 4.69) is 26.0 Å². The SMILES string of the molecule is Cc1cccc(C)c1-n1ccc(/C=C/C(=O)N(C)O)c1. The number of aromatic nitrogens is 1. The fourth-order valence-corrected chi connectivity index (χ4v) is 2.14. The molecule has 1 amide bonds. The van der Waals surface area contributed by atoms with Gasteiger partial charge in [-0.15, -0.1) is 0 Å². The second-order valence-electron chi connectivity index (χ2n) is 4.79. The molecule has 4 heteroatoms. The van der Waals surface area contributed by atoms with Crippen molar-refractivity contribution in [3.63, 3.8) is 0 Å². The Morgan fingerprint density at radius 3 is 2.50 bits per heavy atom. The first kappa shape index (κ1) is 14.1. The Labute approximate surface area is 118 Å². The van der Waals surface area contributed by atoms with Crippen LogP contribution in [-0.2, 0) is 4.79 Å². The maximum Gasteiger partial charge on any atom is 0.269 e. The number of benzene rings is 1. The van der Waals surface area contributed by atoms with Crippen LogP contribution in [0.4, 0.5) is 0 Å². The molecule has 104 valence electrons. The molecule has 1 heterocycles. The van der Waals surface area contributed by atoms with Gasteiger partial charge in [-0.2, -0.15) is 0 Å². The van der Waals surface area contributed by atoms with Crippen molar-refractivity contribution in [2.24, 2.45) is 0 Å². The zero-order chi connectivity index (χ0) is 14.7. The molecule has 0 aliphatic carbocycles. The Hall–Kier alpha value is -2.33. The van der Waals surface area contributed by atoms with Gasteiger partial charge in [0.15, 0.2) is 0 Å². The first-order chi connectivity index (χ1) is 9.49. The Balaban J connectivity index is 2.28. The highest BCUT2D eigenvalue weighted by molar-refractivity contribution is 5.90. The van der Waals surface area contributed by atoms with E-state index >= 15 is 0 Å². The van der Waals surface area contributed by atoms with E-state index in [1.165, 1.54) is 24.3 Å². The normalized spacial score (nSPS) is 11.0. The fourth-order valence-electron chi connectivity index (χ4n) is 2.14. The summed E-state index contributed by atoms with van der Waals surface area (Å²) in [5, 5.41) is 9.54. The van der Waals surface area contributed by atoms with Crippen LogP contribution in [-0.4, -0.2) is 27.8 Å². The summed E-state index contributed by atoms with van der Waals surface area (Å²) in [6.45, 7) is 4.14. The summed E-state index contributed by atoms with van der Waals surface area (Å²) in [6.07, 6.45) is 6.93. The third kappa shape index (κ3) is 2.97. The number of carbonyl (C=O) groups excluding carboxylic acids is 1. The molecule has 0 radical (unpaired) electrons. The molecule has 0 saturated carbocycles. The molecule has 1 aromatic heterocycles. The molecule has 0 aliphatic heterocycles. The number of hydrogen-bond donors (Lipinski definition) is 1. The third-order valence-corrected chi connectivity index (χ3v) is 3.15. The van der Waals surface area contributed by atoms with E-state index in [0.717, 1.165) is 11.3 Å². The molecular formula is C16H18N2O2. The second-order valence-corrected chi connectivity index (χ2v) is 4.79. The van der Waals surface area contributed by atoms with Gasteiger partial charge in [0.05, 0.1) is 5.69 Å². The number of likely N-dealkylation sites (N-methyl/N-ethyl adjacent to an activating group) is 1. The van der Waals surface area contributed by atoms with Crippen LogP contribution < -0.4 is 0 Å². The van der Waals surface area contributed by atoms with E-state index in [-0.39, 0.29) is 0 Å². The van der Waals surface area contributed by atoms with Crippen LogP contribution in [0.1, 0.15) is 16.7 Å². The standard InChI is InChI=1S/C16H18N2O2/c1-12-5-4-6-13(2)16(12)18-10-9-14(11-18)7-8-15(19)17(3)20/h4-11,20H,1-3H3/b8-7+. The van der Waals surface area contributed by atoms with Gasteiger partial charge in [0.25, 0.3) is 5.91 Å². The molecule has 2 aromatic rings. The van der Waals surface area contributed by atoms with Gasteiger partial charge in [-0.3, -0.25) is 10.0 Å². The zero-order valence-corrected chi connectivity index (χ0v) is 11.9. The first-order valence-electron chi connectivity index (χ1n) is 6.38. The molecule has 0 aliphatic rings. The maximum absolute atomic E-state index is 11.3. The Morgan fingerprint density at radius 1 is 1.25 bits per heavy atom. The van der Waals surface area contributed by atoms with E-state index < -0.39 is 5.91 Å². The lowest BCUT2D eigenvalue weighted by Gasteiger charge is -2.10. The monoisotopic (exact) mass is 270 g/mol. The molecular weight excluding hydrogens is 252 g/mol. The molecule has 0 saturated heterocycles. The predicted octanol–water partition coefficient (Wildman–Crippen LogP) is 2.95. The molecule has 1 aromatic carbocycles. The summed E-state index contributed by atoms with van der Waals surface area (Å²) in [5.41, 5.74) is 4.45. The summed E-state index contributed by atoms with van der Waals surface area (Å²) in [5.74, 6) is -0.454. The number of hydrogen-bond acceptors (Lipinski definition) is 2. The fraction of sp³-hybridized carbons (Fsp3) is 0.188. The minimum absolute atomic E-state index is 0.454. The lowest BCUT2D eigenvalue weighted by molar-refractivity contribution is -0.153. The van der Waals surface area contributed by atoms with Gasteiger partial charge in [-0.1, -0.05) is 18.2 Å². The average molecular weight is 270 g/mol. The number of hydroxylamine groups is 2. The van der Waals surface area contributed by atoms with E-state index in [4.69, 9.17) is 5.21 Å². The van der Waals surface area contributed by atoms with E-state index in [0.29, 0.717) is 5.06 Å². The van der Waals surface area contributed by atoms with Crippen LogP contribution in [0.3, 0.4) is 0 Å². The van der Waals surface area contributed by atoms with Crippen molar-refractivity contribution < 1.29 is 10.0 Å². The number of rotatable bonds is 3. The lowest BCUT2D eigenvalue weighted by Crippen LogP contribution is -2.19. The highest BCUT2D eigenvalue weighted by atomic mass is 16.5. The van der Waals surface area contributed by atoms with Crippen molar-refractivity contribution in [2.45, 2.75) is 13.8 Å². The van der Waals surface area contributed by atoms with E-state index in [9.17, 15) is 4.79 Å². The minimum atomic E-state index is -0.454. The van der Waals surface area contributed by atoms with Crippen LogP contribution in [0.5, 0.6) is 0 Å². The molecule has 0 atom stereocenters. The Kier molecular flexibility index (Phi) is 4.05. The van der Waals surface area contributed by atoms with Crippen molar-refractivity contribution in [3.8, 4) is 5.69 Å². The van der Waals surface area contributed by atoms with Crippen molar-refractivity contribution in [3.05, 3.63) is 59.4 Å². The molecule has 2 rings (SSSR count). The Bertz CT molecular complexity index is 634. The predicted molar refractivity (Wildman–Crippen MR) is 78.8 cm³/mol. The summed E-state index contributed by atoms with van der Waals surface area (Å²) >= 11 is 0. The van der Waals surface area contributed by atoms with E-state index in [1.54, 1.807) is 6.08 Å². The third-order valence-electron chi connectivity index (χ3n) is 3.15. The van der Waals surface area contributed by atoms with Crippen molar-refractivity contribution in [2.75, 3.05) is 7.05 Å². The van der Waals surface area contributed by atoms with Gasteiger partial charge in [0, 0.05) is 25.5 Å². The summed E-state index contributed by atoms with van der Waals surface area (Å²) in [7, 11) is 1.30. The summed E-state index contributed by atoms with van der Waals surface area (Å²) in [6, 6.07) is 8.10. The molecule has 0 fully saturated rings. The van der Waals surface area contributed by atoms with Gasteiger partial charge in [0.1, 0.15) is 0 Å². The first-order valence-corrected chi connectivity index (χ1v) is 6.38. The summed E-state index contributed by atoms with van der Waals surface area (Å²) in [4.78, 5) is 11.3. The molecule has 0 bridgehead atoms. The minimum Gasteiger partial charge on any atom is -0.323 e. The zero-order valence-electron chi connectivity index (χ0n) is 11.9. The second kappa shape index (κ2) is 5.75. The van der Waals surface area contributed by atoms with Crippen LogP contribution in [0.25, 0.3) is 11.8 Å². The largest absolute Gasteiger partial charge is 0.323 e. The molecule has 0 spiro atoms. The number of carbonyl (C=O) groups is 1. The van der Waals surface area contributed by atoms with Crippen LogP contribution in [0.15, 0.2) is 42.7 Å². The van der Waals surface area contributed by atoms with Crippen LogP contribution in [0.2, 0.25) is 0 Å². The highest BCUT2D eigenvalue weighted by Gasteiger charge is 2.05. The van der Waals surface area contributed by atoms with Crippen molar-refractivity contribution >= 4 is 12.0 Å². The van der Waals surface area contributed by atoms with Crippen LogP contribution >= 0.6 is 0 Å². The number of aryl methyl sites for hydroxylation is 2. The average Bonchev–Trinajstić information content (AvgIpc) is 2.84. The molecule has 20 heavy (non-hydrogen) atoms. The Morgan fingerprint density at radius 2 is 1.90 bits per heavy atom.